The molecule has 3 rings (SSSR count). The SMILES string of the molecule is COc1ccc(F)cc1C[n+]1ccn(CCCCCCCCCCCC(F)(F)C(F)(F)C(F)(F)C(F)(F)C(F)(F)C(F)(F)F)c1C1CC1.[Br-]. The maximum Gasteiger partial charge on any atom is 0.460 e. The van der Waals surface area contributed by atoms with Gasteiger partial charge in [-0.3, -0.25) is 0 Å². The fourth-order valence-electron chi connectivity index (χ4n) is 5.49. The fraction of sp³-hybridized carbons (Fsp3) is 0.710. The number of alkyl halides is 13. The zero-order valence-electron chi connectivity index (χ0n) is 26.3. The van der Waals surface area contributed by atoms with E-state index < -0.39 is 48.6 Å². The van der Waals surface area contributed by atoms with Crippen LogP contribution in [0.4, 0.5) is 61.5 Å². The van der Waals surface area contributed by atoms with Gasteiger partial charge in [-0.25, -0.2) is 13.5 Å². The summed E-state index contributed by atoms with van der Waals surface area (Å²) in [7, 11) is 1.52. The molecule has 282 valence electrons. The van der Waals surface area contributed by atoms with Gasteiger partial charge in [0.25, 0.3) is 5.82 Å². The van der Waals surface area contributed by atoms with Crippen LogP contribution in [0.3, 0.4) is 0 Å². The van der Waals surface area contributed by atoms with Crippen LogP contribution in [-0.2, 0) is 13.1 Å². The number of imidazole rings is 1. The van der Waals surface area contributed by atoms with Crippen LogP contribution >= 0.6 is 0 Å². The van der Waals surface area contributed by atoms with Crippen molar-refractivity contribution >= 4 is 0 Å². The smallest absolute Gasteiger partial charge is 0.460 e. The van der Waals surface area contributed by atoms with Crippen LogP contribution in [0.15, 0.2) is 30.6 Å². The molecule has 0 aliphatic heterocycles. The van der Waals surface area contributed by atoms with E-state index >= 15 is 0 Å². The largest absolute Gasteiger partial charge is 1.00 e. The first-order valence-electron chi connectivity index (χ1n) is 15.5. The Morgan fingerprint density at radius 3 is 1.73 bits per heavy atom. The lowest BCUT2D eigenvalue weighted by molar-refractivity contribution is -0.695. The van der Waals surface area contributed by atoms with Crippen molar-refractivity contribution in [3.63, 3.8) is 0 Å². The highest BCUT2D eigenvalue weighted by Crippen LogP contribution is 2.60. The molecular formula is C31H37BrF14N2O. The van der Waals surface area contributed by atoms with E-state index in [0.717, 1.165) is 50.9 Å². The first-order valence-corrected chi connectivity index (χ1v) is 15.5. The number of benzene rings is 1. The Kier molecular flexibility index (Phi) is 14.3. The zero-order chi connectivity index (χ0) is 36.2. The second-order valence-corrected chi connectivity index (χ2v) is 12.1. The highest BCUT2D eigenvalue weighted by molar-refractivity contribution is 5.33. The lowest BCUT2D eigenvalue weighted by atomic mass is 9.91. The summed E-state index contributed by atoms with van der Waals surface area (Å²) < 4.78 is 195. The van der Waals surface area contributed by atoms with Crippen molar-refractivity contribution in [3.05, 3.63) is 47.8 Å². The Bertz CT molecular complexity index is 1340. The molecular weight excluding hydrogens is 762 g/mol. The summed E-state index contributed by atoms with van der Waals surface area (Å²) in [4.78, 5) is 0. The summed E-state index contributed by atoms with van der Waals surface area (Å²) in [5.74, 6) is -34.7. The van der Waals surface area contributed by atoms with E-state index in [-0.39, 0.29) is 35.6 Å². The first-order chi connectivity index (χ1) is 22.1. The van der Waals surface area contributed by atoms with E-state index in [1.54, 1.807) is 6.07 Å². The van der Waals surface area contributed by atoms with Crippen molar-refractivity contribution in [3.8, 4) is 5.75 Å². The summed E-state index contributed by atoms with van der Waals surface area (Å²) in [5.41, 5.74) is 0.715. The van der Waals surface area contributed by atoms with Crippen molar-refractivity contribution < 1.29 is 87.8 Å². The van der Waals surface area contributed by atoms with E-state index in [9.17, 15) is 61.5 Å². The molecule has 1 aromatic carbocycles. The molecule has 1 aliphatic rings. The molecule has 0 saturated heterocycles. The van der Waals surface area contributed by atoms with Crippen molar-refractivity contribution in [1.82, 2.24) is 4.57 Å². The third kappa shape index (κ3) is 9.35. The van der Waals surface area contributed by atoms with Crippen LogP contribution in [0.2, 0.25) is 0 Å². The Labute approximate surface area is 284 Å². The number of unbranched alkanes of at least 4 members (excludes halogenated alkanes) is 8. The van der Waals surface area contributed by atoms with Crippen LogP contribution in [0.1, 0.15) is 94.4 Å². The molecule has 49 heavy (non-hydrogen) atoms. The highest BCUT2D eigenvalue weighted by Gasteiger charge is 2.90. The van der Waals surface area contributed by atoms with E-state index in [1.165, 1.54) is 19.2 Å². The molecule has 2 aromatic rings. The maximum atomic E-state index is 13.9. The maximum absolute atomic E-state index is 13.9. The molecule has 1 aromatic heterocycles. The van der Waals surface area contributed by atoms with Gasteiger partial charge < -0.3 is 21.7 Å². The molecule has 0 amide bonds. The molecule has 0 unspecified atom stereocenters. The predicted molar refractivity (Wildman–Crippen MR) is 146 cm³/mol. The number of rotatable bonds is 20. The first kappa shape index (κ1) is 42.9. The number of halogens is 15. The molecule has 1 saturated carbocycles. The van der Waals surface area contributed by atoms with Crippen LogP contribution in [0.25, 0.3) is 0 Å². The Hall–Kier alpha value is -2.27. The summed E-state index contributed by atoms with van der Waals surface area (Å²) in [5, 5.41) is 0. The van der Waals surface area contributed by atoms with Gasteiger partial charge in [-0.15, -0.1) is 0 Å². The molecule has 18 heteroatoms. The number of aromatic nitrogens is 2. The number of methoxy groups -OCH3 is 1. The Morgan fingerprint density at radius 1 is 0.714 bits per heavy atom. The van der Waals surface area contributed by atoms with Gasteiger partial charge in [-0.2, -0.15) is 57.1 Å². The lowest BCUT2D eigenvalue weighted by Crippen LogP contribution is -3.00. The van der Waals surface area contributed by atoms with Crippen LogP contribution in [-0.4, -0.2) is 47.5 Å². The summed E-state index contributed by atoms with van der Waals surface area (Å²) >= 11 is 0. The van der Waals surface area contributed by atoms with Gasteiger partial charge >= 0.3 is 35.8 Å². The summed E-state index contributed by atoms with van der Waals surface area (Å²) in [6.45, 7) is 1.19. The van der Waals surface area contributed by atoms with Crippen molar-refractivity contribution in [1.29, 1.82) is 0 Å². The molecule has 1 heterocycles. The topological polar surface area (TPSA) is 18.0 Å². The summed E-state index contributed by atoms with van der Waals surface area (Å²) in [6, 6.07) is 4.35. The van der Waals surface area contributed by atoms with Gasteiger partial charge in [0.1, 0.15) is 30.5 Å². The molecule has 0 bridgehead atoms. The van der Waals surface area contributed by atoms with Gasteiger partial charge in [0.05, 0.1) is 19.6 Å². The molecule has 0 spiro atoms. The lowest BCUT2D eigenvalue weighted by Gasteiger charge is -2.39. The number of ether oxygens (including phenoxy) is 1. The van der Waals surface area contributed by atoms with Crippen LogP contribution < -0.4 is 26.3 Å². The third-order valence-electron chi connectivity index (χ3n) is 8.43. The normalized spacial score (nSPS) is 15.0. The Morgan fingerprint density at radius 2 is 1.22 bits per heavy atom. The second-order valence-electron chi connectivity index (χ2n) is 12.1. The van der Waals surface area contributed by atoms with Crippen LogP contribution in [0, 0.1) is 5.82 Å². The molecule has 3 nitrogen and oxygen atoms in total. The second kappa shape index (κ2) is 16.4. The quantitative estimate of drug-likeness (QED) is 0.0772. The van der Waals surface area contributed by atoms with Gasteiger partial charge in [0.15, 0.2) is 0 Å². The minimum absolute atomic E-state index is 0. The number of nitrogens with zero attached hydrogens (tertiary/aromatic N) is 2. The molecule has 0 atom stereocenters. The average molecular weight is 800 g/mol. The minimum Gasteiger partial charge on any atom is -1.00 e. The van der Waals surface area contributed by atoms with E-state index in [1.807, 2.05) is 12.4 Å². The monoisotopic (exact) mass is 798 g/mol. The van der Waals surface area contributed by atoms with Gasteiger partial charge in [-0.1, -0.05) is 38.5 Å². The Balaban J connectivity index is 0.00000833. The standard InChI is InChI=1S/C31H37F14N2O.BrH/c1-48-24-14-13-23(32)19-22(24)20-47-18-17-46(25(47)21-11-12-21)16-10-8-6-4-2-3-5-7-9-15-26(33,34)27(35,36)28(37,38)29(39,40)30(41,42)31(43,44)45;/h13-14,17-19,21H,2-12,15-16,20H2,1H3;1H/q+1;/p-1. The molecule has 1 fully saturated rings. The number of hydrogen-bond acceptors (Lipinski definition) is 1. The van der Waals surface area contributed by atoms with E-state index in [0.29, 0.717) is 36.6 Å². The molecule has 0 N–H and O–H groups in total. The van der Waals surface area contributed by atoms with E-state index in [2.05, 4.69) is 9.13 Å². The van der Waals surface area contributed by atoms with Gasteiger partial charge in [0, 0.05) is 12.0 Å². The zero-order valence-corrected chi connectivity index (χ0v) is 27.9. The average Bonchev–Trinajstić information content (AvgIpc) is 3.75. The highest BCUT2D eigenvalue weighted by atomic mass is 79.9. The van der Waals surface area contributed by atoms with Crippen LogP contribution in [0.5, 0.6) is 5.75 Å². The fourth-order valence-corrected chi connectivity index (χ4v) is 5.49. The van der Waals surface area contributed by atoms with Crippen molar-refractivity contribution in [2.75, 3.05) is 7.11 Å². The number of hydrogen-bond donors (Lipinski definition) is 0. The molecule has 0 radical (unpaired) electrons. The van der Waals surface area contributed by atoms with Crippen molar-refractivity contribution in [2.45, 2.75) is 132 Å². The number of aryl methyl sites for hydroxylation is 1. The molecule has 1 aliphatic carbocycles. The van der Waals surface area contributed by atoms with Crippen molar-refractivity contribution in [2.24, 2.45) is 0 Å². The van der Waals surface area contributed by atoms with Gasteiger partial charge in [0.2, 0.25) is 0 Å². The third-order valence-corrected chi connectivity index (χ3v) is 8.43. The van der Waals surface area contributed by atoms with Gasteiger partial charge in [-0.05, 0) is 50.3 Å². The summed E-state index contributed by atoms with van der Waals surface area (Å²) in [6.07, 6.45) is -0.0986. The minimum atomic E-state index is -7.85. The predicted octanol–water partition coefficient (Wildman–Crippen LogP) is 7.49. The van der Waals surface area contributed by atoms with E-state index in [4.69, 9.17) is 4.74 Å².